The molecule has 0 saturated heterocycles. The molecule has 2 aromatic rings. The van der Waals surface area contributed by atoms with Gasteiger partial charge in [-0.05, 0) is 30.7 Å². The lowest BCUT2D eigenvalue weighted by Crippen LogP contribution is -2.02. The maximum Gasteiger partial charge on any atom is 0.339 e. The molecule has 0 saturated carbocycles. The van der Waals surface area contributed by atoms with Gasteiger partial charge in [0, 0.05) is 17.5 Å². The number of aromatic nitrogens is 1. The summed E-state index contributed by atoms with van der Waals surface area (Å²) in [7, 11) is 1.33. The van der Waals surface area contributed by atoms with E-state index < -0.39 is 5.97 Å². The Morgan fingerprint density at radius 1 is 1.22 bits per heavy atom. The molecule has 0 spiro atoms. The molecule has 0 unspecified atom stereocenters. The van der Waals surface area contributed by atoms with Crippen molar-refractivity contribution in [3.05, 3.63) is 52.8 Å². The first-order chi connectivity index (χ1) is 8.61. The van der Waals surface area contributed by atoms with Crippen LogP contribution in [0.25, 0.3) is 11.1 Å². The smallest absolute Gasteiger partial charge is 0.339 e. The zero-order valence-corrected chi connectivity index (χ0v) is 10.9. The number of methoxy groups -OCH3 is 1. The number of aryl methyl sites for hydroxylation is 1. The van der Waals surface area contributed by atoms with E-state index in [0.717, 1.165) is 16.8 Å². The summed E-state index contributed by atoms with van der Waals surface area (Å²) < 4.78 is 4.69. The molecule has 0 aliphatic heterocycles. The third kappa shape index (κ3) is 2.51. The molecule has 0 amide bonds. The van der Waals surface area contributed by atoms with Crippen LogP contribution in [0.4, 0.5) is 0 Å². The highest BCUT2D eigenvalue weighted by atomic mass is 35.5. The maximum atomic E-state index is 11.5. The third-order valence-electron chi connectivity index (χ3n) is 2.62. The zero-order chi connectivity index (χ0) is 13.1. The van der Waals surface area contributed by atoms with Crippen LogP contribution >= 0.6 is 11.6 Å². The number of ether oxygens (including phenoxy) is 1. The van der Waals surface area contributed by atoms with Crippen molar-refractivity contribution in [2.45, 2.75) is 6.92 Å². The van der Waals surface area contributed by atoms with Gasteiger partial charge >= 0.3 is 5.97 Å². The van der Waals surface area contributed by atoms with Crippen LogP contribution in [0.3, 0.4) is 0 Å². The van der Waals surface area contributed by atoms with Gasteiger partial charge in [0.05, 0.1) is 17.7 Å². The van der Waals surface area contributed by atoms with Gasteiger partial charge < -0.3 is 4.74 Å². The monoisotopic (exact) mass is 261 g/mol. The molecule has 92 valence electrons. The minimum absolute atomic E-state index is 0.359. The van der Waals surface area contributed by atoms with Crippen LogP contribution in [-0.2, 0) is 4.74 Å². The van der Waals surface area contributed by atoms with Crippen molar-refractivity contribution >= 4 is 17.6 Å². The number of esters is 1. The predicted octanol–water partition coefficient (Wildman–Crippen LogP) is 3.50. The highest BCUT2D eigenvalue weighted by Gasteiger charge is 2.12. The summed E-state index contributed by atoms with van der Waals surface area (Å²) in [5.41, 5.74) is 3.12. The van der Waals surface area contributed by atoms with E-state index in [1.165, 1.54) is 7.11 Å². The molecule has 0 fully saturated rings. The second-order valence-electron chi connectivity index (χ2n) is 3.87. The number of rotatable bonds is 2. The van der Waals surface area contributed by atoms with Gasteiger partial charge in [0.1, 0.15) is 0 Å². The summed E-state index contributed by atoms with van der Waals surface area (Å²) in [6.07, 6.45) is 1.76. The molecule has 0 aliphatic carbocycles. The lowest BCUT2D eigenvalue weighted by atomic mass is 10.0. The van der Waals surface area contributed by atoms with Gasteiger partial charge in [0.15, 0.2) is 0 Å². The van der Waals surface area contributed by atoms with E-state index in [1.807, 2.05) is 25.1 Å². The second-order valence-corrected chi connectivity index (χ2v) is 4.28. The topological polar surface area (TPSA) is 39.2 Å². The summed E-state index contributed by atoms with van der Waals surface area (Å²) in [6, 6.07) is 9.11. The Bertz CT molecular complexity index is 579. The van der Waals surface area contributed by atoms with Gasteiger partial charge in [-0.3, -0.25) is 4.98 Å². The van der Waals surface area contributed by atoms with Crippen LogP contribution in [0, 0.1) is 6.92 Å². The number of nitrogens with zero attached hydrogens (tertiary/aromatic N) is 1. The average molecular weight is 262 g/mol. The van der Waals surface area contributed by atoms with Gasteiger partial charge in [-0.1, -0.05) is 23.7 Å². The normalized spacial score (nSPS) is 10.2. The van der Waals surface area contributed by atoms with Crippen LogP contribution in [0.15, 0.2) is 36.5 Å². The molecular weight excluding hydrogens is 250 g/mol. The minimum atomic E-state index is -0.443. The molecule has 0 radical (unpaired) electrons. The summed E-state index contributed by atoms with van der Waals surface area (Å²) in [6.45, 7) is 1.92. The lowest BCUT2D eigenvalue weighted by Gasteiger charge is -2.06. The van der Waals surface area contributed by atoms with Crippen molar-refractivity contribution < 1.29 is 9.53 Å². The molecule has 2 rings (SSSR count). The Morgan fingerprint density at radius 3 is 2.56 bits per heavy atom. The van der Waals surface area contributed by atoms with E-state index in [2.05, 4.69) is 9.72 Å². The lowest BCUT2D eigenvalue weighted by molar-refractivity contribution is 0.0601. The summed E-state index contributed by atoms with van der Waals surface area (Å²) in [4.78, 5) is 15.8. The van der Waals surface area contributed by atoms with E-state index in [4.69, 9.17) is 11.6 Å². The van der Waals surface area contributed by atoms with Gasteiger partial charge in [-0.25, -0.2) is 4.79 Å². The van der Waals surface area contributed by atoms with Crippen molar-refractivity contribution in [1.82, 2.24) is 4.98 Å². The molecule has 18 heavy (non-hydrogen) atoms. The van der Waals surface area contributed by atoms with Gasteiger partial charge in [-0.15, -0.1) is 0 Å². The van der Waals surface area contributed by atoms with Crippen LogP contribution < -0.4 is 0 Å². The van der Waals surface area contributed by atoms with E-state index >= 15 is 0 Å². The summed E-state index contributed by atoms with van der Waals surface area (Å²) in [5.74, 6) is -0.443. The van der Waals surface area contributed by atoms with Crippen molar-refractivity contribution in [3.8, 4) is 11.1 Å². The van der Waals surface area contributed by atoms with Crippen molar-refractivity contribution in [2.24, 2.45) is 0 Å². The Kier molecular flexibility index (Phi) is 3.63. The summed E-state index contributed by atoms with van der Waals surface area (Å²) in [5, 5.41) is 0.380. The fraction of sp³-hybridized carbons (Fsp3) is 0.143. The Hall–Kier alpha value is -1.87. The number of halogens is 1. The van der Waals surface area contributed by atoms with Crippen LogP contribution in [0.1, 0.15) is 16.1 Å². The van der Waals surface area contributed by atoms with Gasteiger partial charge in [0.25, 0.3) is 0 Å². The minimum Gasteiger partial charge on any atom is -0.465 e. The molecule has 3 nitrogen and oxygen atoms in total. The first kappa shape index (κ1) is 12.6. The molecule has 0 atom stereocenters. The van der Waals surface area contributed by atoms with Gasteiger partial charge in [-0.2, -0.15) is 0 Å². The number of hydrogen-bond acceptors (Lipinski definition) is 3. The van der Waals surface area contributed by atoms with Crippen LogP contribution in [0.5, 0.6) is 0 Å². The quantitative estimate of drug-likeness (QED) is 0.777. The molecule has 0 aliphatic rings. The number of benzene rings is 1. The number of carbonyl (C=O) groups is 1. The Balaban J connectivity index is 2.46. The number of carbonyl (C=O) groups excluding carboxylic acids is 1. The fourth-order valence-electron chi connectivity index (χ4n) is 1.61. The zero-order valence-electron chi connectivity index (χ0n) is 10.1. The third-order valence-corrected chi connectivity index (χ3v) is 2.95. The first-order valence-corrected chi connectivity index (χ1v) is 5.80. The maximum absolute atomic E-state index is 11.5. The van der Waals surface area contributed by atoms with Crippen molar-refractivity contribution in [3.63, 3.8) is 0 Å². The molecule has 0 N–H and O–H groups in total. The molecule has 4 heteroatoms. The molecule has 0 bridgehead atoms. The standard InChI is InChI=1S/C14H12ClNO2/c1-9-3-4-11(8-16-9)10-5-6-13(15)12(7-10)14(17)18-2/h3-8H,1-2H3. The SMILES string of the molecule is COC(=O)c1cc(-c2ccc(C)nc2)ccc1Cl. The average Bonchev–Trinajstić information content (AvgIpc) is 2.39. The van der Waals surface area contributed by atoms with E-state index in [9.17, 15) is 4.79 Å². The van der Waals surface area contributed by atoms with E-state index in [0.29, 0.717) is 10.6 Å². The highest BCUT2D eigenvalue weighted by Crippen LogP contribution is 2.25. The molecular formula is C14H12ClNO2. The predicted molar refractivity (Wildman–Crippen MR) is 70.8 cm³/mol. The number of hydrogen-bond donors (Lipinski definition) is 0. The molecule has 1 aromatic carbocycles. The van der Waals surface area contributed by atoms with Crippen molar-refractivity contribution in [1.29, 1.82) is 0 Å². The molecule has 1 heterocycles. The van der Waals surface area contributed by atoms with Crippen molar-refractivity contribution in [2.75, 3.05) is 7.11 Å². The van der Waals surface area contributed by atoms with Crippen LogP contribution in [0.2, 0.25) is 5.02 Å². The summed E-state index contributed by atoms with van der Waals surface area (Å²) >= 11 is 5.97. The van der Waals surface area contributed by atoms with Crippen LogP contribution in [-0.4, -0.2) is 18.1 Å². The fourth-order valence-corrected chi connectivity index (χ4v) is 1.80. The first-order valence-electron chi connectivity index (χ1n) is 5.42. The Morgan fingerprint density at radius 2 is 1.94 bits per heavy atom. The second kappa shape index (κ2) is 5.19. The van der Waals surface area contributed by atoms with E-state index in [-0.39, 0.29) is 0 Å². The largest absolute Gasteiger partial charge is 0.465 e. The molecule has 1 aromatic heterocycles. The number of pyridine rings is 1. The van der Waals surface area contributed by atoms with Gasteiger partial charge in [0.2, 0.25) is 0 Å². The Labute approximate surface area is 110 Å². The van der Waals surface area contributed by atoms with E-state index in [1.54, 1.807) is 18.3 Å². The highest BCUT2D eigenvalue weighted by molar-refractivity contribution is 6.33.